The highest BCUT2D eigenvalue weighted by atomic mass is 16.4. The van der Waals surface area contributed by atoms with Crippen molar-refractivity contribution in [3.05, 3.63) is 29.3 Å². The Morgan fingerprint density at radius 2 is 1.91 bits per heavy atom. The van der Waals surface area contributed by atoms with Gasteiger partial charge in [-0.15, -0.1) is 0 Å². The number of unbranched alkanes of at least 4 members (excludes halogenated alkanes) is 2. The van der Waals surface area contributed by atoms with Gasteiger partial charge in [0.25, 0.3) is 5.91 Å². The van der Waals surface area contributed by atoms with Gasteiger partial charge in [-0.2, -0.15) is 0 Å². The van der Waals surface area contributed by atoms with E-state index in [1.54, 1.807) is 4.90 Å². The van der Waals surface area contributed by atoms with Crippen LogP contribution in [-0.2, 0) is 20.9 Å². The average Bonchev–Trinajstić information content (AvgIpc) is 3.12. The highest BCUT2D eigenvalue weighted by Crippen LogP contribution is 2.31. The number of piperazine rings is 1. The van der Waals surface area contributed by atoms with Crippen LogP contribution in [0.15, 0.2) is 18.2 Å². The molecule has 3 aliphatic heterocycles. The molecule has 2 N–H and O–H groups in total. The van der Waals surface area contributed by atoms with E-state index in [9.17, 15) is 24.3 Å². The minimum Gasteiger partial charge on any atom is -0.480 e. The molecule has 33 heavy (non-hydrogen) atoms. The van der Waals surface area contributed by atoms with Crippen LogP contribution in [0.1, 0.15) is 61.4 Å². The fourth-order valence-corrected chi connectivity index (χ4v) is 5.10. The van der Waals surface area contributed by atoms with E-state index in [-0.39, 0.29) is 18.2 Å². The van der Waals surface area contributed by atoms with Crippen molar-refractivity contribution in [1.29, 1.82) is 0 Å². The number of carbonyl (C=O) groups excluding carboxylic acids is 3. The van der Waals surface area contributed by atoms with E-state index in [4.69, 9.17) is 0 Å². The quantitative estimate of drug-likeness (QED) is 0.452. The third kappa shape index (κ3) is 4.88. The molecule has 3 heterocycles. The molecule has 2 atom stereocenters. The Labute approximate surface area is 193 Å². The van der Waals surface area contributed by atoms with Crippen LogP contribution in [0, 0.1) is 0 Å². The van der Waals surface area contributed by atoms with E-state index in [1.807, 2.05) is 18.2 Å². The first-order valence-corrected chi connectivity index (χ1v) is 11.9. The van der Waals surface area contributed by atoms with Crippen molar-refractivity contribution in [1.82, 2.24) is 15.1 Å². The Bertz CT molecular complexity index is 941. The molecule has 3 aliphatic rings. The fourth-order valence-electron chi connectivity index (χ4n) is 5.10. The number of piperidine rings is 1. The Balaban J connectivity index is 1.39. The molecular formula is C24H32N4O5. The van der Waals surface area contributed by atoms with Gasteiger partial charge in [-0.1, -0.05) is 26.2 Å². The molecule has 0 aromatic heterocycles. The SMILES string of the molecule is CCCCCC(C(=O)O)N1CCN(c2ccc3c(c2)CN(C2CCC(=O)NC2=O)C3=O)CC1. The molecule has 1 aromatic rings. The molecule has 9 nitrogen and oxygen atoms in total. The predicted molar refractivity (Wildman–Crippen MR) is 122 cm³/mol. The van der Waals surface area contributed by atoms with Crippen molar-refractivity contribution in [2.45, 2.75) is 64.1 Å². The van der Waals surface area contributed by atoms with E-state index in [0.717, 1.165) is 43.6 Å². The second-order valence-electron chi connectivity index (χ2n) is 9.11. The van der Waals surface area contributed by atoms with Crippen LogP contribution in [0.4, 0.5) is 5.69 Å². The first-order chi connectivity index (χ1) is 15.9. The van der Waals surface area contributed by atoms with E-state index in [2.05, 4.69) is 22.0 Å². The number of nitrogens with one attached hydrogen (secondary N) is 1. The summed E-state index contributed by atoms with van der Waals surface area (Å²) in [6.45, 7) is 5.28. The number of hydrogen-bond acceptors (Lipinski definition) is 6. The van der Waals surface area contributed by atoms with Crippen molar-refractivity contribution in [3.8, 4) is 0 Å². The lowest BCUT2D eigenvalue weighted by atomic mass is 10.0. The van der Waals surface area contributed by atoms with E-state index in [0.29, 0.717) is 38.0 Å². The van der Waals surface area contributed by atoms with Crippen LogP contribution in [0.25, 0.3) is 0 Å². The fraction of sp³-hybridized carbons (Fsp3) is 0.583. The number of aliphatic carboxylic acids is 1. The lowest BCUT2D eigenvalue weighted by Crippen LogP contribution is -2.52. The summed E-state index contributed by atoms with van der Waals surface area (Å²) in [7, 11) is 0. The second-order valence-corrected chi connectivity index (χ2v) is 9.11. The Morgan fingerprint density at radius 1 is 1.15 bits per heavy atom. The number of amides is 3. The van der Waals surface area contributed by atoms with Gasteiger partial charge < -0.3 is 14.9 Å². The number of nitrogens with zero attached hydrogens (tertiary/aromatic N) is 3. The van der Waals surface area contributed by atoms with Crippen LogP contribution in [0.5, 0.6) is 0 Å². The van der Waals surface area contributed by atoms with Gasteiger partial charge in [0.05, 0.1) is 0 Å². The number of carboxylic acid groups (broad SMARTS) is 1. The van der Waals surface area contributed by atoms with Crippen molar-refractivity contribution >= 4 is 29.4 Å². The van der Waals surface area contributed by atoms with Gasteiger partial charge in [0.15, 0.2) is 0 Å². The van der Waals surface area contributed by atoms with Crippen molar-refractivity contribution < 1.29 is 24.3 Å². The molecule has 0 radical (unpaired) electrons. The summed E-state index contributed by atoms with van der Waals surface area (Å²) >= 11 is 0. The summed E-state index contributed by atoms with van der Waals surface area (Å²) in [4.78, 5) is 54.2. The van der Waals surface area contributed by atoms with Crippen molar-refractivity contribution in [3.63, 3.8) is 0 Å². The summed E-state index contributed by atoms with van der Waals surface area (Å²) in [5.41, 5.74) is 2.49. The van der Waals surface area contributed by atoms with Gasteiger partial charge in [-0.25, -0.2) is 0 Å². The number of carboxylic acids is 1. The van der Waals surface area contributed by atoms with Gasteiger partial charge in [0.2, 0.25) is 11.8 Å². The molecule has 1 aromatic carbocycles. The van der Waals surface area contributed by atoms with E-state index in [1.165, 1.54) is 0 Å². The molecule has 2 fully saturated rings. The molecule has 9 heteroatoms. The Kier molecular flexibility index (Phi) is 6.97. The summed E-state index contributed by atoms with van der Waals surface area (Å²) < 4.78 is 0. The van der Waals surface area contributed by atoms with Gasteiger partial charge in [0.1, 0.15) is 12.1 Å². The molecule has 178 valence electrons. The van der Waals surface area contributed by atoms with Gasteiger partial charge >= 0.3 is 5.97 Å². The van der Waals surface area contributed by atoms with Crippen LogP contribution in [0.3, 0.4) is 0 Å². The third-order valence-electron chi connectivity index (χ3n) is 6.99. The molecule has 2 unspecified atom stereocenters. The normalized spacial score (nSPS) is 22.3. The standard InChI is InChI=1S/C24H32N4O5/c1-2-3-4-5-20(24(32)33)27-12-10-26(11-13-27)17-6-7-18-16(14-17)15-28(23(18)31)19-8-9-21(29)25-22(19)30/h6-7,14,19-20H,2-5,8-13,15H2,1H3,(H,32,33)(H,25,29,30). The van der Waals surface area contributed by atoms with Crippen molar-refractivity contribution in [2.75, 3.05) is 31.1 Å². The molecule has 0 aliphatic carbocycles. The molecule has 0 saturated carbocycles. The molecule has 0 bridgehead atoms. The lowest BCUT2D eigenvalue weighted by Gasteiger charge is -2.39. The Hall–Kier alpha value is -2.94. The molecular weight excluding hydrogens is 424 g/mol. The monoisotopic (exact) mass is 456 g/mol. The summed E-state index contributed by atoms with van der Waals surface area (Å²) in [5.74, 6) is -1.62. The van der Waals surface area contributed by atoms with Crippen LogP contribution in [-0.4, -0.2) is 76.9 Å². The maximum Gasteiger partial charge on any atom is 0.320 e. The highest BCUT2D eigenvalue weighted by molar-refractivity contribution is 6.05. The number of hydrogen-bond donors (Lipinski definition) is 2. The van der Waals surface area contributed by atoms with Gasteiger partial charge in [0, 0.05) is 50.4 Å². The topological polar surface area (TPSA) is 110 Å². The highest BCUT2D eigenvalue weighted by Gasteiger charge is 2.39. The lowest BCUT2D eigenvalue weighted by molar-refractivity contribution is -0.144. The number of anilines is 1. The zero-order valence-electron chi connectivity index (χ0n) is 19.1. The largest absolute Gasteiger partial charge is 0.480 e. The summed E-state index contributed by atoms with van der Waals surface area (Å²) in [5, 5.41) is 12.0. The maximum absolute atomic E-state index is 12.9. The number of imide groups is 1. The van der Waals surface area contributed by atoms with Gasteiger partial charge in [-0.3, -0.25) is 29.4 Å². The minimum atomic E-state index is -0.746. The first-order valence-electron chi connectivity index (χ1n) is 11.9. The third-order valence-corrected chi connectivity index (χ3v) is 6.99. The number of rotatable bonds is 8. The number of benzene rings is 1. The second kappa shape index (κ2) is 9.91. The molecule has 4 rings (SSSR count). The average molecular weight is 457 g/mol. The minimum absolute atomic E-state index is 0.174. The number of fused-ring (bicyclic) bond motifs is 1. The molecule has 0 spiro atoms. The van der Waals surface area contributed by atoms with Gasteiger partial charge in [-0.05, 0) is 36.6 Å². The molecule has 2 saturated heterocycles. The van der Waals surface area contributed by atoms with Crippen LogP contribution in [0.2, 0.25) is 0 Å². The summed E-state index contributed by atoms with van der Waals surface area (Å²) in [6.07, 6.45) is 4.32. The summed E-state index contributed by atoms with van der Waals surface area (Å²) in [6, 6.07) is 4.70. The maximum atomic E-state index is 12.9. The zero-order valence-corrected chi connectivity index (χ0v) is 19.1. The van der Waals surface area contributed by atoms with Crippen LogP contribution < -0.4 is 10.2 Å². The smallest absolute Gasteiger partial charge is 0.320 e. The zero-order chi connectivity index (χ0) is 23.5. The number of carbonyl (C=O) groups is 4. The van der Waals surface area contributed by atoms with E-state index < -0.39 is 24.0 Å². The first kappa shape index (κ1) is 23.2. The van der Waals surface area contributed by atoms with Crippen LogP contribution >= 0.6 is 0 Å². The van der Waals surface area contributed by atoms with E-state index >= 15 is 0 Å². The Morgan fingerprint density at radius 3 is 2.58 bits per heavy atom. The van der Waals surface area contributed by atoms with Crippen molar-refractivity contribution in [2.24, 2.45) is 0 Å². The molecule has 3 amide bonds. The predicted octanol–water partition coefficient (Wildman–Crippen LogP) is 1.60.